The Hall–Kier alpha value is -1.43. The summed E-state index contributed by atoms with van der Waals surface area (Å²) >= 11 is 0. The number of amides is 1. The smallest absolute Gasteiger partial charge is 0.229 e. The molecule has 6 nitrogen and oxygen atoms in total. The summed E-state index contributed by atoms with van der Waals surface area (Å²) in [6.07, 6.45) is 3.08. The van der Waals surface area contributed by atoms with E-state index in [2.05, 4.69) is 15.5 Å². The van der Waals surface area contributed by atoms with Gasteiger partial charge in [0.1, 0.15) is 0 Å². The van der Waals surface area contributed by atoms with Gasteiger partial charge in [0, 0.05) is 25.2 Å². The monoisotopic (exact) mass is 267 g/mol. The van der Waals surface area contributed by atoms with E-state index in [1.54, 1.807) is 0 Å². The van der Waals surface area contributed by atoms with E-state index < -0.39 is 0 Å². The quantitative estimate of drug-likeness (QED) is 0.892. The van der Waals surface area contributed by atoms with Crippen molar-refractivity contribution < 1.29 is 14.1 Å². The molecule has 1 amide bonds. The fourth-order valence-corrected chi connectivity index (χ4v) is 2.17. The molecule has 1 aliphatic heterocycles. The Morgan fingerprint density at radius 1 is 1.42 bits per heavy atom. The molecule has 0 aliphatic carbocycles. The third-order valence-corrected chi connectivity index (χ3v) is 3.05. The van der Waals surface area contributed by atoms with E-state index in [-0.39, 0.29) is 24.3 Å². The Labute approximate surface area is 112 Å². The fraction of sp³-hybridized carbons (Fsp3) is 0.769. The molecule has 0 aromatic carbocycles. The molecule has 1 aromatic rings. The van der Waals surface area contributed by atoms with Gasteiger partial charge in [0.15, 0.2) is 5.82 Å². The van der Waals surface area contributed by atoms with Crippen molar-refractivity contribution in [2.75, 3.05) is 13.2 Å². The minimum atomic E-state index is -0.0773. The van der Waals surface area contributed by atoms with Gasteiger partial charge in [-0.1, -0.05) is 5.16 Å². The summed E-state index contributed by atoms with van der Waals surface area (Å²) in [5.74, 6) is 1.28. The fourth-order valence-electron chi connectivity index (χ4n) is 2.17. The molecule has 6 heteroatoms. The average molecular weight is 267 g/mol. The summed E-state index contributed by atoms with van der Waals surface area (Å²) in [5.41, 5.74) is 0. The van der Waals surface area contributed by atoms with E-state index in [9.17, 15) is 4.79 Å². The van der Waals surface area contributed by atoms with E-state index in [0.29, 0.717) is 11.7 Å². The van der Waals surface area contributed by atoms with Crippen LogP contribution in [0.15, 0.2) is 4.52 Å². The van der Waals surface area contributed by atoms with E-state index in [0.717, 1.165) is 32.5 Å². The summed E-state index contributed by atoms with van der Waals surface area (Å²) in [7, 11) is 0. The molecule has 1 atom stereocenters. The molecule has 19 heavy (non-hydrogen) atoms. The van der Waals surface area contributed by atoms with Gasteiger partial charge in [0.05, 0.1) is 6.42 Å². The largest absolute Gasteiger partial charge is 0.381 e. The van der Waals surface area contributed by atoms with E-state index in [4.69, 9.17) is 9.26 Å². The Morgan fingerprint density at radius 2 is 2.26 bits per heavy atom. The normalized spacial score (nSPS) is 20.3. The second kappa shape index (κ2) is 6.65. The van der Waals surface area contributed by atoms with Crippen LogP contribution in [0.2, 0.25) is 0 Å². The average Bonchev–Trinajstić information content (AvgIpc) is 2.63. The second-order valence-corrected chi connectivity index (χ2v) is 5.19. The van der Waals surface area contributed by atoms with Gasteiger partial charge in [-0.05, 0) is 33.1 Å². The highest BCUT2D eigenvalue weighted by Crippen LogP contribution is 2.25. The number of rotatable bonds is 4. The number of nitrogens with one attached hydrogen (secondary N) is 1. The summed E-state index contributed by atoms with van der Waals surface area (Å²) in [6.45, 7) is 5.38. The van der Waals surface area contributed by atoms with Gasteiger partial charge in [-0.15, -0.1) is 0 Å². The van der Waals surface area contributed by atoms with Crippen LogP contribution in [0, 0.1) is 0 Å². The topological polar surface area (TPSA) is 77.2 Å². The number of nitrogens with zero attached hydrogens (tertiary/aromatic N) is 2. The van der Waals surface area contributed by atoms with Crippen molar-refractivity contribution >= 4 is 5.91 Å². The number of carbonyl (C=O) groups is 1. The van der Waals surface area contributed by atoms with Gasteiger partial charge in [0.25, 0.3) is 0 Å². The maximum absolute atomic E-state index is 11.6. The van der Waals surface area contributed by atoms with Crippen LogP contribution in [0.1, 0.15) is 50.7 Å². The SMILES string of the molecule is CC(C)NC(=O)Cc1noc([C@H]2CCCOCC2)n1. The molecule has 0 bridgehead atoms. The molecule has 1 aliphatic rings. The predicted molar refractivity (Wildman–Crippen MR) is 68.7 cm³/mol. The summed E-state index contributed by atoms with van der Waals surface area (Å²) in [5, 5.41) is 6.69. The molecule has 2 rings (SSSR count). The molecule has 106 valence electrons. The van der Waals surface area contributed by atoms with Crippen molar-refractivity contribution in [1.29, 1.82) is 0 Å². The lowest BCUT2D eigenvalue weighted by atomic mass is 10.0. The van der Waals surface area contributed by atoms with Crippen LogP contribution in [0.25, 0.3) is 0 Å². The van der Waals surface area contributed by atoms with Crippen LogP contribution < -0.4 is 5.32 Å². The molecule has 0 spiro atoms. The maximum atomic E-state index is 11.6. The van der Waals surface area contributed by atoms with Gasteiger partial charge in [-0.2, -0.15) is 4.98 Å². The van der Waals surface area contributed by atoms with Crippen LogP contribution >= 0.6 is 0 Å². The molecule has 1 fully saturated rings. The standard InChI is InChI=1S/C13H21N3O3/c1-9(2)14-12(17)8-11-15-13(19-16-11)10-4-3-6-18-7-5-10/h9-10H,3-8H2,1-2H3,(H,14,17)/t10-/m0/s1. The zero-order valence-electron chi connectivity index (χ0n) is 11.5. The van der Waals surface area contributed by atoms with Crippen molar-refractivity contribution in [1.82, 2.24) is 15.5 Å². The first-order chi connectivity index (χ1) is 9.15. The highest BCUT2D eigenvalue weighted by atomic mass is 16.5. The third kappa shape index (κ3) is 4.31. The molecule has 1 aromatic heterocycles. The number of hydrogen-bond acceptors (Lipinski definition) is 5. The first-order valence-corrected chi connectivity index (χ1v) is 6.84. The van der Waals surface area contributed by atoms with Crippen LogP contribution in [0.5, 0.6) is 0 Å². The van der Waals surface area contributed by atoms with E-state index >= 15 is 0 Å². The lowest BCUT2D eigenvalue weighted by molar-refractivity contribution is -0.121. The maximum Gasteiger partial charge on any atom is 0.229 e. The zero-order valence-corrected chi connectivity index (χ0v) is 11.5. The molecule has 1 N–H and O–H groups in total. The van der Waals surface area contributed by atoms with Crippen LogP contribution in [-0.4, -0.2) is 35.3 Å². The molecule has 0 saturated carbocycles. The number of carbonyl (C=O) groups excluding carboxylic acids is 1. The Bertz CT molecular complexity index is 409. The van der Waals surface area contributed by atoms with E-state index in [1.165, 1.54) is 0 Å². The van der Waals surface area contributed by atoms with Crippen molar-refractivity contribution in [3.05, 3.63) is 11.7 Å². The lowest BCUT2D eigenvalue weighted by Gasteiger charge is -2.06. The minimum absolute atomic E-state index is 0.0773. The van der Waals surface area contributed by atoms with Gasteiger partial charge in [0.2, 0.25) is 11.8 Å². The Kier molecular flexibility index (Phi) is 4.90. The third-order valence-electron chi connectivity index (χ3n) is 3.05. The molecule has 1 saturated heterocycles. The number of aromatic nitrogens is 2. The van der Waals surface area contributed by atoms with Crippen LogP contribution in [0.4, 0.5) is 0 Å². The Morgan fingerprint density at radius 3 is 3.05 bits per heavy atom. The molecule has 2 heterocycles. The van der Waals surface area contributed by atoms with Crippen molar-refractivity contribution in [2.24, 2.45) is 0 Å². The van der Waals surface area contributed by atoms with Crippen molar-refractivity contribution in [2.45, 2.75) is 51.5 Å². The predicted octanol–water partition coefficient (Wildman–Crippen LogP) is 1.42. The van der Waals surface area contributed by atoms with Crippen LogP contribution in [0.3, 0.4) is 0 Å². The highest BCUT2D eigenvalue weighted by Gasteiger charge is 2.21. The number of hydrogen-bond donors (Lipinski definition) is 1. The van der Waals surface area contributed by atoms with Gasteiger partial charge < -0.3 is 14.6 Å². The van der Waals surface area contributed by atoms with Gasteiger partial charge >= 0.3 is 0 Å². The van der Waals surface area contributed by atoms with E-state index in [1.807, 2.05) is 13.8 Å². The molecule has 0 radical (unpaired) electrons. The zero-order chi connectivity index (χ0) is 13.7. The summed E-state index contributed by atoms with van der Waals surface area (Å²) in [4.78, 5) is 15.9. The summed E-state index contributed by atoms with van der Waals surface area (Å²) < 4.78 is 10.7. The van der Waals surface area contributed by atoms with Gasteiger partial charge in [-0.25, -0.2) is 0 Å². The molecule has 0 unspecified atom stereocenters. The highest BCUT2D eigenvalue weighted by molar-refractivity contribution is 5.77. The minimum Gasteiger partial charge on any atom is -0.381 e. The Balaban J connectivity index is 1.92. The van der Waals surface area contributed by atoms with Crippen molar-refractivity contribution in [3.8, 4) is 0 Å². The first-order valence-electron chi connectivity index (χ1n) is 6.84. The molecular weight excluding hydrogens is 246 g/mol. The molecular formula is C13H21N3O3. The second-order valence-electron chi connectivity index (χ2n) is 5.19. The van der Waals surface area contributed by atoms with Crippen molar-refractivity contribution in [3.63, 3.8) is 0 Å². The van der Waals surface area contributed by atoms with Gasteiger partial charge in [-0.3, -0.25) is 4.79 Å². The number of ether oxygens (including phenoxy) is 1. The lowest BCUT2D eigenvalue weighted by Crippen LogP contribution is -2.31. The summed E-state index contributed by atoms with van der Waals surface area (Å²) in [6, 6.07) is 0.123. The van der Waals surface area contributed by atoms with Crippen LogP contribution in [-0.2, 0) is 16.0 Å². The first kappa shape index (κ1) is 14.0.